The normalized spacial score (nSPS) is 25.9. The van der Waals surface area contributed by atoms with Crippen molar-refractivity contribution in [3.63, 3.8) is 0 Å². The predicted octanol–water partition coefficient (Wildman–Crippen LogP) is 3.72. The van der Waals surface area contributed by atoms with Crippen LogP contribution in [-0.4, -0.2) is 153 Å². The summed E-state index contributed by atoms with van der Waals surface area (Å²) in [6.45, 7) is 7.42. The van der Waals surface area contributed by atoms with E-state index in [-0.39, 0.29) is 53.8 Å². The van der Waals surface area contributed by atoms with E-state index in [4.69, 9.17) is 14.5 Å². The molecule has 20 heteroatoms. The van der Waals surface area contributed by atoms with Crippen LogP contribution in [0.2, 0.25) is 0 Å². The predicted molar refractivity (Wildman–Crippen MR) is 234 cm³/mol. The molecule has 6 aliphatic rings. The van der Waals surface area contributed by atoms with Crippen LogP contribution in [0.4, 0.5) is 26.0 Å². The van der Waals surface area contributed by atoms with Gasteiger partial charge in [0.2, 0.25) is 11.8 Å². The summed E-state index contributed by atoms with van der Waals surface area (Å²) in [5.74, 6) is -0.265. The van der Waals surface area contributed by atoms with Gasteiger partial charge in [0.05, 0.1) is 49.4 Å². The number of benzene rings is 1. The highest BCUT2D eigenvalue weighted by atomic mass is 19.3. The smallest absolute Gasteiger partial charge is 0.284 e. The third kappa shape index (κ3) is 9.04. The molecule has 0 spiro atoms. The summed E-state index contributed by atoms with van der Waals surface area (Å²) in [6, 6.07) is 7.00. The Kier molecular flexibility index (Phi) is 12.2. The molecule has 3 aromatic heterocycles. The third-order valence-corrected chi connectivity index (χ3v) is 14.1. The number of aromatic nitrogens is 5. The molecule has 4 saturated heterocycles. The number of nitrogens with one attached hydrogen (secondary N) is 3. The highest BCUT2D eigenvalue weighted by Crippen LogP contribution is 2.37. The minimum absolute atomic E-state index is 0.00338. The molecule has 346 valence electrons. The van der Waals surface area contributed by atoms with Gasteiger partial charge in [0, 0.05) is 74.9 Å². The van der Waals surface area contributed by atoms with Crippen LogP contribution in [0.25, 0.3) is 5.65 Å². The Hall–Kier alpha value is -5.57. The van der Waals surface area contributed by atoms with Crippen molar-refractivity contribution >= 4 is 46.5 Å². The number of carbonyl (C=O) groups is 4. The number of amides is 4. The Morgan fingerprint density at radius 3 is 2.68 bits per heavy atom. The van der Waals surface area contributed by atoms with Crippen molar-refractivity contribution in [3.8, 4) is 0 Å². The van der Waals surface area contributed by atoms with Crippen LogP contribution < -0.4 is 20.9 Å². The molecule has 1 unspecified atom stereocenters. The Morgan fingerprint density at radius 1 is 1.03 bits per heavy atom. The number of carbonyl (C=O) groups excluding carboxylic acids is 4. The quantitative estimate of drug-likeness (QED) is 0.147. The second kappa shape index (κ2) is 18.4. The summed E-state index contributed by atoms with van der Waals surface area (Å²) in [7, 11) is 2.16. The van der Waals surface area contributed by atoms with Gasteiger partial charge in [-0.15, -0.1) is 0 Å². The van der Waals surface area contributed by atoms with Gasteiger partial charge in [-0.3, -0.25) is 34.1 Å². The lowest BCUT2D eigenvalue weighted by molar-refractivity contribution is -0.136. The van der Waals surface area contributed by atoms with Gasteiger partial charge in [-0.2, -0.15) is 10.2 Å². The number of alkyl halides is 2. The summed E-state index contributed by atoms with van der Waals surface area (Å²) >= 11 is 0. The first-order valence-corrected chi connectivity index (χ1v) is 23.0. The summed E-state index contributed by atoms with van der Waals surface area (Å²) in [6.07, 6.45) is 8.03. The average Bonchev–Trinajstić information content (AvgIpc) is 4.16. The number of piperidine rings is 1. The Bertz CT molecular complexity index is 2440. The summed E-state index contributed by atoms with van der Waals surface area (Å²) < 4.78 is 43.6. The molecule has 0 radical (unpaired) electrons. The molecule has 65 heavy (non-hydrogen) atoms. The number of morpholine rings is 2. The fraction of sp³-hybridized carbons (Fsp3) is 0.578. The van der Waals surface area contributed by atoms with E-state index in [0.29, 0.717) is 49.9 Å². The Labute approximate surface area is 374 Å². The zero-order valence-electron chi connectivity index (χ0n) is 36.5. The molecule has 1 saturated carbocycles. The van der Waals surface area contributed by atoms with Gasteiger partial charge in [-0.25, -0.2) is 18.3 Å². The van der Waals surface area contributed by atoms with Crippen LogP contribution in [0.5, 0.6) is 0 Å². The summed E-state index contributed by atoms with van der Waals surface area (Å²) in [4.78, 5) is 64.3. The first-order chi connectivity index (χ1) is 31.5. The minimum atomic E-state index is -2.86. The molecule has 3 N–H and O–H groups in total. The lowest BCUT2D eigenvalue weighted by Crippen LogP contribution is -2.52. The first kappa shape index (κ1) is 43.3. The van der Waals surface area contributed by atoms with Crippen molar-refractivity contribution in [1.29, 1.82) is 0 Å². The maximum absolute atomic E-state index is 14.3. The lowest BCUT2D eigenvalue weighted by atomic mass is 9.86. The fourth-order valence-corrected chi connectivity index (χ4v) is 10.7. The Morgan fingerprint density at radius 2 is 1.89 bits per heavy atom. The zero-order valence-corrected chi connectivity index (χ0v) is 36.5. The van der Waals surface area contributed by atoms with Crippen LogP contribution in [0.15, 0.2) is 42.9 Å². The molecule has 1 aliphatic carbocycles. The number of hydrogen-bond acceptors (Lipinski definition) is 13. The van der Waals surface area contributed by atoms with E-state index < -0.39 is 30.0 Å². The number of hydrogen-bond donors (Lipinski definition) is 3. The van der Waals surface area contributed by atoms with Crippen LogP contribution in [0.3, 0.4) is 0 Å². The lowest BCUT2D eigenvalue weighted by Gasteiger charge is -2.34. The maximum Gasteiger partial charge on any atom is 0.284 e. The molecule has 2 bridgehead atoms. The second-order valence-electron chi connectivity index (χ2n) is 18.5. The van der Waals surface area contributed by atoms with Crippen molar-refractivity contribution in [3.05, 3.63) is 65.2 Å². The van der Waals surface area contributed by atoms with E-state index in [1.165, 1.54) is 10.7 Å². The van der Waals surface area contributed by atoms with Crippen LogP contribution in [-0.2, 0) is 25.6 Å². The van der Waals surface area contributed by atoms with Crippen molar-refractivity contribution in [2.24, 2.45) is 5.92 Å². The summed E-state index contributed by atoms with van der Waals surface area (Å²) in [5, 5.41) is 17.2. The molecule has 10 rings (SSSR count). The van der Waals surface area contributed by atoms with Gasteiger partial charge in [0.15, 0.2) is 11.3 Å². The molecule has 4 aromatic rings. The van der Waals surface area contributed by atoms with Gasteiger partial charge in [-0.05, 0) is 89.2 Å². The second-order valence-corrected chi connectivity index (χ2v) is 18.5. The van der Waals surface area contributed by atoms with Crippen molar-refractivity contribution in [2.75, 3.05) is 81.6 Å². The van der Waals surface area contributed by atoms with Gasteiger partial charge < -0.3 is 34.8 Å². The summed E-state index contributed by atoms with van der Waals surface area (Å²) in [5.41, 5.74) is 2.39. The van der Waals surface area contributed by atoms with E-state index in [1.807, 2.05) is 18.2 Å². The van der Waals surface area contributed by atoms with E-state index >= 15 is 0 Å². The molecular weight excluding hydrogens is 843 g/mol. The number of imide groups is 1. The van der Waals surface area contributed by atoms with Crippen LogP contribution in [0.1, 0.15) is 95.8 Å². The van der Waals surface area contributed by atoms with Gasteiger partial charge in [-0.1, -0.05) is 6.07 Å². The SMILES string of the molecule is CN(CCCN1CCO[C@H](CNc2cccc3c2CN(C2CCC(=O)NC2=O)C3=O)C1)CC1CCC(n2cc(NC(=O)c3cnn4ccc(N5C[C@H]6C[C@@H]5CO6)nc34)c(C(F)F)n2)CC1. The minimum Gasteiger partial charge on any atom is -0.382 e. The number of nitrogens with zero attached hydrogens (tertiary/aromatic N) is 9. The molecule has 18 nitrogen and oxygen atoms in total. The standard InChI is InChI=1S/C45H56F2N12O6/c1-54(13-3-14-55-16-17-64-31(22-55)19-48-35-5-2-4-32-34(35)24-57(45(32)63)37-10-11-39(60)52-44(37)62)21-27-6-8-28(9-7-27)59-25-36(40(53-59)41(46)47)50-43(61)33-20-49-58-15-12-38(51-42(33)58)56-23-30-18-29(56)26-65-30/h2,4-5,12,15,20,25,27-31,37,41,48H,3,6-11,13-14,16-19,21-24,26H2,1H3,(H,50,61)(H,52,60,62)/t27?,28?,29-,30-,31-,37?/m1/s1. The molecule has 5 fully saturated rings. The molecule has 8 heterocycles. The average molecular weight is 899 g/mol. The van der Waals surface area contributed by atoms with E-state index in [2.05, 4.69) is 47.9 Å². The first-order valence-electron chi connectivity index (χ1n) is 23.0. The fourth-order valence-electron chi connectivity index (χ4n) is 10.7. The number of halogens is 2. The number of anilines is 3. The maximum atomic E-state index is 14.3. The van der Waals surface area contributed by atoms with E-state index in [9.17, 15) is 28.0 Å². The molecule has 1 aromatic carbocycles. The van der Waals surface area contributed by atoms with Gasteiger partial charge in [0.1, 0.15) is 17.4 Å². The van der Waals surface area contributed by atoms with Crippen molar-refractivity contribution in [2.45, 2.75) is 94.7 Å². The van der Waals surface area contributed by atoms with Gasteiger partial charge >= 0.3 is 0 Å². The molecule has 5 aliphatic heterocycles. The number of rotatable bonds is 15. The highest BCUT2D eigenvalue weighted by Gasteiger charge is 2.41. The number of fused-ring (bicyclic) bond motifs is 4. The monoisotopic (exact) mass is 898 g/mol. The molecular formula is C45H56F2N12O6. The van der Waals surface area contributed by atoms with Crippen LogP contribution in [0, 0.1) is 5.92 Å². The van der Waals surface area contributed by atoms with Crippen molar-refractivity contribution < 1.29 is 37.4 Å². The van der Waals surface area contributed by atoms with Crippen molar-refractivity contribution in [1.82, 2.24) is 44.4 Å². The zero-order chi connectivity index (χ0) is 44.8. The van der Waals surface area contributed by atoms with Gasteiger partial charge in [0.25, 0.3) is 18.2 Å². The van der Waals surface area contributed by atoms with E-state index in [0.717, 1.165) is 94.9 Å². The third-order valence-electron chi connectivity index (χ3n) is 14.1. The molecule has 4 atom stereocenters. The number of ether oxygens (including phenoxy) is 2. The topological polar surface area (TPSA) is 184 Å². The molecule has 4 amide bonds. The largest absolute Gasteiger partial charge is 0.382 e. The van der Waals surface area contributed by atoms with E-state index in [1.54, 1.807) is 28.0 Å². The highest BCUT2D eigenvalue weighted by molar-refractivity contribution is 6.08. The van der Waals surface area contributed by atoms with Crippen LogP contribution >= 0.6 is 0 Å². The Balaban J connectivity index is 0.665.